The topological polar surface area (TPSA) is 17.8 Å². The molecule has 0 spiro atoms. The van der Waals surface area contributed by atoms with Crippen LogP contribution in [0.3, 0.4) is 0 Å². The molecule has 0 amide bonds. The van der Waals surface area contributed by atoms with Gasteiger partial charge in [0.05, 0.1) is 9.90 Å². The average molecular weight is 227 g/mol. The Morgan fingerprint density at radius 1 is 1.43 bits per heavy atom. The number of hydrogen-bond acceptors (Lipinski definition) is 2. The van der Waals surface area contributed by atoms with Crippen LogP contribution in [-0.2, 0) is 0 Å². The van der Waals surface area contributed by atoms with Gasteiger partial charge in [-0.2, -0.15) is 5.10 Å². The molecule has 0 bridgehead atoms. The molecule has 2 aromatic heterocycles. The lowest BCUT2D eigenvalue weighted by Crippen LogP contribution is -2.00. The van der Waals surface area contributed by atoms with E-state index in [1.165, 1.54) is 0 Å². The Morgan fingerprint density at radius 2 is 2.21 bits per heavy atom. The minimum atomic E-state index is 0.391. The molecular weight excluding hydrogens is 216 g/mol. The van der Waals surface area contributed by atoms with Crippen molar-refractivity contribution in [1.29, 1.82) is 0 Å². The molecule has 2 heterocycles. The van der Waals surface area contributed by atoms with E-state index in [1.54, 1.807) is 11.3 Å². The first kappa shape index (κ1) is 9.74. The molecule has 14 heavy (non-hydrogen) atoms. The Balaban J connectivity index is 2.39. The van der Waals surface area contributed by atoms with Crippen molar-refractivity contribution in [3.63, 3.8) is 0 Å². The largest absolute Gasteiger partial charge is 0.270 e. The van der Waals surface area contributed by atoms with Gasteiger partial charge >= 0.3 is 0 Å². The summed E-state index contributed by atoms with van der Waals surface area (Å²) in [6.07, 6.45) is 1.98. The maximum Gasteiger partial charge on any atom is 0.104 e. The minimum absolute atomic E-state index is 0.391. The van der Waals surface area contributed by atoms with Crippen LogP contribution in [0.2, 0.25) is 5.02 Å². The Morgan fingerprint density at radius 3 is 2.71 bits per heavy atom. The van der Waals surface area contributed by atoms with E-state index >= 15 is 0 Å². The lowest BCUT2D eigenvalue weighted by molar-refractivity contribution is 0.534. The summed E-state index contributed by atoms with van der Waals surface area (Å²) in [7, 11) is 0. The molecule has 0 atom stereocenters. The quantitative estimate of drug-likeness (QED) is 0.761. The highest BCUT2D eigenvalue weighted by atomic mass is 35.5. The summed E-state index contributed by atoms with van der Waals surface area (Å²) in [5.41, 5.74) is 0.957. The van der Waals surface area contributed by atoms with E-state index in [9.17, 15) is 0 Å². The third-order valence-corrected chi connectivity index (χ3v) is 3.35. The van der Waals surface area contributed by atoms with Gasteiger partial charge in [0.1, 0.15) is 5.69 Å². The fourth-order valence-electron chi connectivity index (χ4n) is 1.22. The second-order valence-corrected chi connectivity index (χ2v) is 4.70. The molecule has 0 aliphatic heterocycles. The summed E-state index contributed by atoms with van der Waals surface area (Å²) < 4.78 is 1.94. The molecule has 2 rings (SSSR count). The SMILES string of the molecule is CC(C)n1ccc(-c2sccc2Cl)n1. The van der Waals surface area contributed by atoms with Crippen LogP contribution in [0, 0.1) is 0 Å². The van der Waals surface area contributed by atoms with Crippen molar-refractivity contribution in [3.8, 4) is 10.6 Å². The third-order valence-electron chi connectivity index (χ3n) is 1.99. The van der Waals surface area contributed by atoms with Gasteiger partial charge < -0.3 is 0 Å². The van der Waals surface area contributed by atoms with Crippen LogP contribution in [0.4, 0.5) is 0 Å². The number of nitrogens with zero attached hydrogens (tertiary/aromatic N) is 2. The van der Waals surface area contributed by atoms with E-state index in [2.05, 4.69) is 18.9 Å². The smallest absolute Gasteiger partial charge is 0.104 e. The molecule has 4 heteroatoms. The van der Waals surface area contributed by atoms with E-state index in [1.807, 2.05) is 28.4 Å². The fourth-order valence-corrected chi connectivity index (χ4v) is 2.34. The summed E-state index contributed by atoms with van der Waals surface area (Å²) in [5, 5.41) is 7.22. The zero-order valence-corrected chi connectivity index (χ0v) is 9.64. The first-order valence-corrected chi connectivity index (χ1v) is 5.73. The average Bonchev–Trinajstić information content (AvgIpc) is 2.71. The minimum Gasteiger partial charge on any atom is -0.270 e. The monoisotopic (exact) mass is 226 g/mol. The molecular formula is C10H11ClN2S. The Labute approximate surface area is 92.1 Å². The van der Waals surface area contributed by atoms with Crippen LogP contribution in [-0.4, -0.2) is 9.78 Å². The van der Waals surface area contributed by atoms with Crippen LogP contribution in [0.25, 0.3) is 10.6 Å². The highest BCUT2D eigenvalue weighted by Crippen LogP contribution is 2.31. The molecule has 0 aliphatic carbocycles. The zero-order chi connectivity index (χ0) is 10.1. The van der Waals surface area contributed by atoms with Crippen molar-refractivity contribution in [1.82, 2.24) is 9.78 Å². The van der Waals surface area contributed by atoms with Gasteiger partial charge in [0.2, 0.25) is 0 Å². The maximum atomic E-state index is 6.02. The van der Waals surface area contributed by atoms with Crippen molar-refractivity contribution in [2.45, 2.75) is 19.9 Å². The Kier molecular flexibility index (Phi) is 2.61. The molecule has 2 aromatic rings. The van der Waals surface area contributed by atoms with Crippen molar-refractivity contribution >= 4 is 22.9 Å². The lowest BCUT2D eigenvalue weighted by atomic mass is 10.3. The molecule has 0 aliphatic rings. The predicted octanol–water partition coefficient (Wildman–Crippen LogP) is 3.85. The van der Waals surface area contributed by atoms with Gasteiger partial charge in [0.15, 0.2) is 0 Å². The summed E-state index contributed by atoms with van der Waals surface area (Å²) in [4.78, 5) is 1.05. The summed E-state index contributed by atoms with van der Waals surface area (Å²) in [6.45, 7) is 4.21. The highest BCUT2D eigenvalue weighted by molar-refractivity contribution is 7.14. The van der Waals surface area contributed by atoms with Crippen molar-refractivity contribution < 1.29 is 0 Å². The van der Waals surface area contributed by atoms with Crippen LogP contribution in [0.5, 0.6) is 0 Å². The molecule has 0 radical (unpaired) electrons. The molecule has 0 N–H and O–H groups in total. The fraction of sp³-hybridized carbons (Fsp3) is 0.300. The van der Waals surface area contributed by atoms with E-state index in [4.69, 9.17) is 11.6 Å². The normalized spacial score (nSPS) is 11.1. The van der Waals surface area contributed by atoms with Gasteiger partial charge in [-0.3, -0.25) is 4.68 Å². The summed E-state index contributed by atoms with van der Waals surface area (Å²) in [6, 6.07) is 4.29. The van der Waals surface area contributed by atoms with Gasteiger partial charge in [-0.1, -0.05) is 11.6 Å². The molecule has 0 fully saturated rings. The van der Waals surface area contributed by atoms with Gasteiger partial charge in [0, 0.05) is 12.2 Å². The molecule has 0 aromatic carbocycles. The van der Waals surface area contributed by atoms with Crippen molar-refractivity contribution in [3.05, 3.63) is 28.7 Å². The highest BCUT2D eigenvalue weighted by Gasteiger charge is 2.08. The molecule has 0 saturated carbocycles. The van der Waals surface area contributed by atoms with E-state index in [-0.39, 0.29) is 0 Å². The number of aromatic nitrogens is 2. The zero-order valence-electron chi connectivity index (χ0n) is 8.07. The number of thiophene rings is 1. The molecule has 0 saturated heterocycles. The first-order valence-electron chi connectivity index (χ1n) is 4.47. The van der Waals surface area contributed by atoms with Gasteiger partial charge in [-0.25, -0.2) is 0 Å². The Hall–Kier alpha value is -0.800. The second kappa shape index (κ2) is 3.75. The molecule has 0 unspecified atom stereocenters. The van der Waals surface area contributed by atoms with Gasteiger partial charge in [-0.05, 0) is 31.4 Å². The van der Waals surface area contributed by atoms with E-state index in [0.717, 1.165) is 15.6 Å². The molecule has 2 nitrogen and oxygen atoms in total. The van der Waals surface area contributed by atoms with Crippen LogP contribution in [0.1, 0.15) is 19.9 Å². The van der Waals surface area contributed by atoms with Crippen molar-refractivity contribution in [2.75, 3.05) is 0 Å². The van der Waals surface area contributed by atoms with Gasteiger partial charge in [0.25, 0.3) is 0 Å². The predicted molar refractivity (Wildman–Crippen MR) is 60.9 cm³/mol. The first-order chi connectivity index (χ1) is 6.68. The number of rotatable bonds is 2. The standard InChI is InChI=1S/C10H11ClN2S/c1-7(2)13-5-3-9(12-13)10-8(11)4-6-14-10/h3-7H,1-2H3. The summed E-state index contributed by atoms with van der Waals surface area (Å²) in [5.74, 6) is 0. The van der Waals surface area contributed by atoms with Crippen LogP contribution < -0.4 is 0 Å². The van der Waals surface area contributed by atoms with Crippen LogP contribution >= 0.6 is 22.9 Å². The van der Waals surface area contributed by atoms with Crippen LogP contribution in [0.15, 0.2) is 23.7 Å². The van der Waals surface area contributed by atoms with E-state index in [0.29, 0.717) is 6.04 Å². The Bertz CT molecular complexity index is 431. The third kappa shape index (κ3) is 1.70. The summed E-state index contributed by atoms with van der Waals surface area (Å²) >= 11 is 7.64. The maximum absolute atomic E-state index is 6.02. The lowest BCUT2D eigenvalue weighted by Gasteiger charge is -2.03. The molecule has 74 valence electrons. The van der Waals surface area contributed by atoms with E-state index < -0.39 is 0 Å². The van der Waals surface area contributed by atoms with Crippen molar-refractivity contribution in [2.24, 2.45) is 0 Å². The second-order valence-electron chi connectivity index (χ2n) is 3.37. The van der Waals surface area contributed by atoms with Gasteiger partial charge in [-0.15, -0.1) is 11.3 Å². The number of halogens is 1. The number of hydrogen-bond donors (Lipinski definition) is 0.